The number of nitrogens with zero attached hydrogens (tertiary/aromatic N) is 1. The Morgan fingerprint density at radius 2 is 1.78 bits per heavy atom. The average molecular weight is 333 g/mol. The number of nitrogens with two attached hydrogens (primary N) is 1. The van der Waals surface area contributed by atoms with Gasteiger partial charge in [0.25, 0.3) is 10.2 Å². The molecule has 0 unspecified atom stereocenters. The van der Waals surface area contributed by atoms with Crippen LogP contribution in [0.25, 0.3) is 22.7 Å². The van der Waals surface area contributed by atoms with Crippen LogP contribution in [-0.2, 0) is 10.2 Å². The summed E-state index contributed by atoms with van der Waals surface area (Å²) in [6, 6.07) is 12.5. The van der Waals surface area contributed by atoms with Gasteiger partial charge in [0.1, 0.15) is 17.8 Å². The van der Waals surface area contributed by atoms with Crippen LogP contribution in [0.5, 0.6) is 0 Å². The van der Waals surface area contributed by atoms with Crippen molar-refractivity contribution in [3.8, 4) is 22.7 Å². The third-order valence-electron chi connectivity index (χ3n) is 3.05. The van der Waals surface area contributed by atoms with E-state index in [1.54, 1.807) is 30.3 Å². The van der Waals surface area contributed by atoms with Crippen LogP contribution in [0, 0.1) is 5.82 Å². The third-order valence-corrected chi connectivity index (χ3v) is 3.57. The fourth-order valence-electron chi connectivity index (χ4n) is 2.04. The molecule has 0 radical (unpaired) electrons. The molecule has 0 spiro atoms. The first-order valence-electron chi connectivity index (χ1n) is 6.54. The number of anilines is 1. The smallest absolute Gasteiger partial charge is 0.296 e. The molecule has 0 aliphatic rings. The Bertz CT molecular complexity index is 937. The first-order chi connectivity index (χ1) is 10.9. The topological polar surface area (TPSA) is 98.2 Å². The third kappa shape index (κ3) is 3.55. The molecule has 118 valence electrons. The minimum atomic E-state index is -3.82. The fraction of sp³-hybridized carbons (Fsp3) is 0. The SMILES string of the molecule is NS(=O)(=O)Nc1ccc(-c2coc(-c3ccccc3F)n2)cc1. The summed E-state index contributed by atoms with van der Waals surface area (Å²) < 4.78 is 43.1. The van der Waals surface area contributed by atoms with Crippen molar-refractivity contribution >= 4 is 15.9 Å². The lowest BCUT2D eigenvalue weighted by Crippen LogP contribution is -2.21. The van der Waals surface area contributed by atoms with E-state index in [-0.39, 0.29) is 11.5 Å². The fourth-order valence-corrected chi connectivity index (χ4v) is 2.50. The predicted octanol–water partition coefficient (Wildman–Crippen LogP) is 2.76. The summed E-state index contributed by atoms with van der Waals surface area (Å²) in [6.45, 7) is 0. The number of benzene rings is 2. The molecule has 3 rings (SSSR count). The van der Waals surface area contributed by atoms with Gasteiger partial charge in [0.2, 0.25) is 5.89 Å². The van der Waals surface area contributed by atoms with Gasteiger partial charge >= 0.3 is 0 Å². The molecule has 0 bridgehead atoms. The van der Waals surface area contributed by atoms with Gasteiger partial charge in [0, 0.05) is 11.3 Å². The molecule has 0 fully saturated rings. The van der Waals surface area contributed by atoms with E-state index in [4.69, 9.17) is 9.56 Å². The van der Waals surface area contributed by atoms with Crippen molar-refractivity contribution in [1.29, 1.82) is 0 Å². The van der Waals surface area contributed by atoms with Gasteiger partial charge in [-0.3, -0.25) is 4.72 Å². The molecule has 0 aliphatic heterocycles. The van der Waals surface area contributed by atoms with Gasteiger partial charge in [-0.15, -0.1) is 0 Å². The summed E-state index contributed by atoms with van der Waals surface area (Å²) >= 11 is 0. The van der Waals surface area contributed by atoms with Crippen molar-refractivity contribution < 1.29 is 17.2 Å². The Balaban J connectivity index is 1.88. The van der Waals surface area contributed by atoms with Gasteiger partial charge < -0.3 is 4.42 Å². The van der Waals surface area contributed by atoms with Gasteiger partial charge in [0.15, 0.2) is 0 Å². The molecule has 3 aromatic rings. The first-order valence-corrected chi connectivity index (χ1v) is 8.08. The van der Waals surface area contributed by atoms with Crippen LogP contribution in [0.2, 0.25) is 0 Å². The summed E-state index contributed by atoms with van der Waals surface area (Å²) in [5, 5.41) is 4.90. The van der Waals surface area contributed by atoms with Crippen LogP contribution in [-0.4, -0.2) is 13.4 Å². The highest BCUT2D eigenvalue weighted by molar-refractivity contribution is 7.90. The van der Waals surface area contributed by atoms with Crippen LogP contribution >= 0.6 is 0 Å². The van der Waals surface area contributed by atoms with E-state index in [9.17, 15) is 12.8 Å². The van der Waals surface area contributed by atoms with E-state index >= 15 is 0 Å². The largest absolute Gasteiger partial charge is 0.444 e. The molecule has 0 atom stereocenters. The zero-order valence-corrected chi connectivity index (χ0v) is 12.5. The Hall–Kier alpha value is -2.71. The normalized spacial score (nSPS) is 11.4. The van der Waals surface area contributed by atoms with E-state index in [0.29, 0.717) is 16.9 Å². The molecule has 3 N–H and O–H groups in total. The van der Waals surface area contributed by atoms with Gasteiger partial charge in [-0.2, -0.15) is 8.42 Å². The van der Waals surface area contributed by atoms with Crippen molar-refractivity contribution in [3.05, 3.63) is 60.6 Å². The Morgan fingerprint density at radius 1 is 1.09 bits per heavy atom. The maximum atomic E-state index is 13.7. The summed E-state index contributed by atoms with van der Waals surface area (Å²) in [6.07, 6.45) is 1.41. The van der Waals surface area contributed by atoms with Gasteiger partial charge in [-0.25, -0.2) is 14.5 Å². The van der Waals surface area contributed by atoms with Crippen molar-refractivity contribution in [1.82, 2.24) is 4.98 Å². The zero-order valence-electron chi connectivity index (χ0n) is 11.7. The Morgan fingerprint density at radius 3 is 2.43 bits per heavy atom. The molecule has 23 heavy (non-hydrogen) atoms. The van der Waals surface area contributed by atoms with Gasteiger partial charge in [0.05, 0.1) is 5.56 Å². The molecule has 0 saturated carbocycles. The van der Waals surface area contributed by atoms with E-state index in [2.05, 4.69) is 9.71 Å². The lowest BCUT2D eigenvalue weighted by molar-refractivity contribution is 0.562. The average Bonchev–Trinajstić information content (AvgIpc) is 2.96. The maximum absolute atomic E-state index is 13.7. The summed E-state index contributed by atoms with van der Waals surface area (Å²) in [7, 11) is -3.82. The number of aromatic nitrogens is 1. The Labute approximate surface area is 132 Å². The van der Waals surface area contributed by atoms with Crippen LogP contribution in [0.15, 0.2) is 59.2 Å². The molecule has 0 saturated heterocycles. The molecule has 0 amide bonds. The monoisotopic (exact) mass is 333 g/mol. The highest BCUT2D eigenvalue weighted by atomic mass is 32.2. The van der Waals surface area contributed by atoms with E-state index in [1.807, 2.05) is 0 Å². The quantitative estimate of drug-likeness (QED) is 0.767. The van der Waals surface area contributed by atoms with E-state index in [0.717, 1.165) is 0 Å². The molecule has 2 aromatic carbocycles. The van der Waals surface area contributed by atoms with Crippen molar-refractivity contribution in [3.63, 3.8) is 0 Å². The van der Waals surface area contributed by atoms with Gasteiger partial charge in [-0.1, -0.05) is 24.3 Å². The Kier molecular flexibility index (Phi) is 3.85. The number of halogens is 1. The number of rotatable bonds is 4. The standard InChI is InChI=1S/C15H12FN3O3S/c16-13-4-2-1-3-12(13)15-18-14(9-22-15)10-5-7-11(8-6-10)19-23(17,20)21/h1-9,19H,(H2,17,20,21). The molecular weight excluding hydrogens is 321 g/mol. The minimum Gasteiger partial charge on any atom is -0.444 e. The summed E-state index contributed by atoms with van der Waals surface area (Å²) in [5.74, 6) is -0.251. The number of hydrogen-bond donors (Lipinski definition) is 2. The van der Waals surface area contributed by atoms with Crippen molar-refractivity contribution in [2.45, 2.75) is 0 Å². The molecule has 6 nitrogen and oxygen atoms in total. The van der Waals surface area contributed by atoms with Crippen LogP contribution in [0.4, 0.5) is 10.1 Å². The van der Waals surface area contributed by atoms with E-state index < -0.39 is 16.0 Å². The molecule has 0 aliphatic carbocycles. The summed E-state index contributed by atoms with van der Waals surface area (Å²) in [4.78, 5) is 4.25. The first kappa shape index (κ1) is 15.2. The number of hydrogen-bond acceptors (Lipinski definition) is 4. The molecule has 1 heterocycles. The summed E-state index contributed by atoms with van der Waals surface area (Å²) in [5.41, 5.74) is 1.79. The lowest BCUT2D eigenvalue weighted by atomic mass is 10.1. The molecular formula is C15H12FN3O3S. The number of oxazole rings is 1. The predicted molar refractivity (Wildman–Crippen MR) is 84.1 cm³/mol. The second kappa shape index (κ2) is 5.82. The number of nitrogens with one attached hydrogen (secondary N) is 1. The van der Waals surface area contributed by atoms with Crippen molar-refractivity contribution in [2.24, 2.45) is 5.14 Å². The van der Waals surface area contributed by atoms with Crippen molar-refractivity contribution in [2.75, 3.05) is 4.72 Å². The van der Waals surface area contributed by atoms with Crippen LogP contribution < -0.4 is 9.86 Å². The maximum Gasteiger partial charge on any atom is 0.296 e. The second-order valence-electron chi connectivity index (χ2n) is 4.74. The highest BCUT2D eigenvalue weighted by Crippen LogP contribution is 2.27. The van der Waals surface area contributed by atoms with Crippen LogP contribution in [0.3, 0.4) is 0 Å². The lowest BCUT2D eigenvalue weighted by Gasteiger charge is -2.03. The zero-order chi connectivity index (χ0) is 16.4. The minimum absolute atomic E-state index is 0.171. The second-order valence-corrected chi connectivity index (χ2v) is 6.04. The molecule has 1 aromatic heterocycles. The van der Waals surface area contributed by atoms with Crippen LogP contribution in [0.1, 0.15) is 0 Å². The van der Waals surface area contributed by atoms with E-state index in [1.165, 1.54) is 24.5 Å². The molecule has 8 heteroatoms. The van der Waals surface area contributed by atoms with Gasteiger partial charge in [-0.05, 0) is 24.3 Å². The highest BCUT2D eigenvalue weighted by Gasteiger charge is 2.12.